The van der Waals surface area contributed by atoms with E-state index in [9.17, 15) is 8.42 Å². The quantitative estimate of drug-likeness (QED) is 0.673. The lowest BCUT2D eigenvalue weighted by atomic mass is 10.3. The average Bonchev–Trinajstić information content (AvgIpc) is 3.05. The Morgan fingerprint density at radius 2 is 1.91 bits per heavy atom. The summed E-state index contributed by atoms with van der Waals surface area (Å²) in [5.41, 5.74) is 0. The molecule has 2 fully saturated rings. The molecule has 130 valence electrons. The van der Waals surface area contributed by atoms with Gasteiger partial charge in [-0.05, 0) is 25.7 Å². The third kappa shape index (κ3) is 3.60. The van der Waals surface area contributed by atoms with Crippen molar-refractivity contribution in [2.45, 2.75) is 61.8 Å². The van der Waals surface area contributed by atoms with Gasteiger partial charge in [-0.1, -0.05) is 12.8 Å². The minimum absolute atomic E-state index is 0.0441. The maximum atomic E-state index is 13.0. The predicted octanol–water partition coefficient (Wildman–Crippen LogP) is 1.77. The molecule has 0 unspecified atom stereocenters. The van der Waals surface area contributed by atoms with E-state index in [1.54, 1.807) is 6.20 Å². The van der Waals surface area contributed by atoms with Gasteiger partial charge in [0.05, 0.1) is 18.8 Å². The third-order valence-corrected chi connectivity index (χ3v) is 6.56. The largest absolute Gasteiger partial charge is 0.354 e. The third-order valence-electron chi connectivity index (χ3n) is 4.69. The number of methoxy groups -OCH3 is 2. The zero-order chi connectivity index (χ0) is 16.4. The van der Waals surface area contributed by atoms with Gasteiger partial charge < -0.3 is 9.47 Å². The second-order valence-electron chi connectivity index (χ2n) is 6.30. The summed E-state index contributed by atoms with van der Waals surface area (Å²) in [6.45, 7) is 0.203. The molecule has 0 amide bonds. The first-order valence-electron chi connectivity index (χ1n) is 8.18. The highest BCUT2D eigenvalue weighted by atomic mass is 32.2. The van der Waals surface area contributed by atoms with Crippen LogP contribution in [0.2, 0.25) is 0 Å². The Morgan fingerprint density at radius 1 is 1.26 bits per heavy atom. The second-order valence-corrected chi connectivity index (χ2v) is 8.19. The van der Waals surface area contributed by atoms with Crippen molar-refractivity contribution in [1.82, 2.24) is 14.1 Å². The Hall–Kier alpha value is -0.960. The molecule has 3 rings (SSSR count). The molecule has 2 aliphatic carbocycles. The summed E-state index contributed by atoms with van der Waals surface area (Å²) in [6, 6.07) is 0.377. The highest BCUT2D eigenvalue weighted by Crippen LogP contribution is 2.34. The van der Waals surface area contributed by atoms with Gasteiger partial charge in [0, 0.05) is 26.5 Å². The molecule has 23 heavy (non-hydrogen) atoms. The van der Waals surface area contributed by atoms with Gasteiger partial charge in [0.15, 0.2) is 6.29 Å². The molecule has 7 nitrogen and oxygen atoms in total. The smallest absolute Gasteiger partial charge is 0.246 e. The number of sulfonamides is 1. The molecular formula is C15H25N3O4S. The van der Waals surface area contributed by atoms with E-state index in [1.807, 2.05) is 4.68 Å². The summed E-state index contributed by atoms with van der Waals surface area (Å²) >= 11 is 0. The topological polar surface area (TPSA) is 73.7 Å². The number of aromatic nitrogens is 2. The van der Waals surface area contributed by atoms with Gasteiger partial charge in [-0.3, -0.25) is 4.68 Å². The Kier molecular flexibility index (Phi) is 5.05. The second kappa shape index (κ2) is 6.88. The molecule has 0 N–H and O–H groups in total. The van der Waals surface area contributed by atoms with Crippen molar-refractivity contribution in [1.29, 1.82) is 0 Å². The van der Waals surface area contributed by atoms with E-state index < -0.39 is 16.3 Å². The molecule has 0 aromatic carbocycles. The lowest BCUT2D eigenvalue weighted by Gasteiger charge is -2.24. The van der Waals surface area contributed by atoms with Crippen LogP contribution in [-0.2, 0) is 19.5 Å². The van der Waals surface area contributed by atoms with Crippen LogP contribution < -0.4 is 0 Å². The lowest BCUT2D eigenvalue weighted by Crippen LogP contribution is -2.40. The SMILES string of the molecule is COC(CN(C1CC1)S(=O)(=O)c1cnn(C2CCCC2)c1)OC. The minimum atomic E-state index is -3.57. The van der Waals surface area contributed by atoms with E-state index in [1.165, 1.54) is 37.6 Å². The fourth-order valence-electron chi connectivity index (χ4n) is 3.16. The van der Waals surface area contributed by atoms with E-state index in [-0.39, 0.29) is 17.5 Å². The molecule has 0 spiro atoms. The van der Waals surface area contributed by atoms with E-state index in [0.717, 1.165) is 25.7 Å². The molecule has 1 heterocycles. The minimum Gasteiger partial charge on any atom is -0.354 e. The molecule has 0 bridgehead atoms. The average molecular weight is 343 g/mol. The number of ether oxygens (including phenoxy) is 2. The molecule has 2 aliphatic rings. The van der Waals surface area contributed by atoms with Gasteiger partial charge >= 0.3 is 0 Å². The molecule has 1 aromatic heterocycles. The van der Waals surface area contributed by atoms with Crippen LogP contribution in [0.4, 0.5) is 0 Å². The summed E-state index contributed by atoms with van der Waals surface area (Å²) in [6.07, 6.45) is 8.87. The highest BCUT2D eigenvalue weighted by Gasteiger charge is 2.40. The van der Waals surface area contributed by atoms with Crippen molar-refractivity contribution < 1.29 is 17.9 Å². The first-order chi connectivity index (χ1) is 11.1. The zero-order valence-electron chi connectivity index (χ0n) is 13.7. The molecule has 0 radical (unpaired) electrons. The van der Waals surface area contributed by atoms with Crippen molar-refractivity contribution in [3.8, 4) is 0 Å². The standard InChI is InChI=1S/C15H25N3O4S/c1-21-15(22-2)11-18(13-7-8-13)23(19,20)14-9-16-17(10-14)12-5-3-4-6-12/h9-10,12-13,15H,3-8,11H2,1-2H3. The maximum absolute atomic E-state index is 13.0. The zero-order valence-corrected chi connectivity index (χ0v) is 14.5. The van der Waals surface area contributed by atoms with E-state index in [2.05, 4.69) is 5.10 Å². The number of rotatable bonds is 8. The summed E-state index contributed by atoms with van der Waals surface area (Å²) in [4.78, 5) is 0.266. The summed E-state index contributed by atoms with van der Waals surface area (Å²) in [7, 11) is -0.536. The van der Waals surface area contributed by atoms with Crippen molar-refractivity contribution in [3.63, 3.8) is 0 Å². The summed E-state index contributed by atoms with van der Waals surface area (Å²) in [5.74, 6) is 0. The van der Waals surface area contributed by atoms with Crippen molar-refractivity contribution in [2.75, 3.05) is 20.8 Å². The summed E-state index contributed by atoms with van der Waals surface area (Å²) < 4.78 is 39.6. The number of hydrogen-bond acceptors (Lipinski definition) is 5. The van der Waals surface area contributed by atoms with Gasteiger partial charge in [-0.2, -0.15) is 9.40 Å². The molecular weight excluding hydrogens is 318 g/mol. The van der Waals surface area contributed by atoms with Gasteiger partial charge in [-0.15, -0.1) is 0 Å². The van der Waals surface area contributed by atoms with Crippen LogP contribution >= 0.6 is 0 Å². The molecule has 0 aliphatic heterocycles. The van der Waals surface area contributed by atoms with Crippen molar-refractivity contribution in [2.24, 2.45) is 0 Å². The first kappa shape index (κ1) is 16.9. The molecule has 2 saturated carbocycles. The Labute approximate surface area is 137 Å². The van der Waals surface area contributed by atoms with Crippen molar-refractivity contribution >= 4 is 10.0 Å². The fraction of sp³-hybridized carbons (Fsp3) is 0.800. The van der Waals surface area contributed by atoms with E-state index >= 15 is 0 Å². The van der Waals surface area contributed by atoms with Crippen molar-refractivity contribution in [3.05, 3.63) is 12.4 Å². The van der Waals surface area contributed by atoms with Gasteiger partial charge in [0.1, 0.15) is 4.90 Å². The number of hydrogen-bond donors (Lipinski definition) is 0. The van der Waals surface area contributed by atoms with Crippen LogP contribution in [0.5, 0.6) is 0 Å². The highest BCUT2D eigenvalue weighted by molar-refractivity contribution is 7.89. The molecule has 8 heteroatoms. The normalized spacial score (nSPS) is 20.0. The Balaban J connectivity index is 1.80. The van der Waals surface area contributed by atoms with Crippen LogP contribution in [0, 0.1) is 0 Å². The van der Waals surface area contributed by atoms with Gasteiger partial charge in [0.2, 0.25) is 10.0 Å². The lowest BCUT2D eigenvalue weighted by molar-refractivity contribution is -0.108. The first-order valence-corrected chi connectivity index (χ1v) is 9.62. The van der Waals surface area contributed by atoms with Gasteiger partial charge in [0.25, 0.3) is 0 Å². The molecule has 0 saturated heterocycles. The van der Waals surface area contributed by atoms with Crippen LogP contribution in [0.1, 0.15) is 44.6 Å². The fourth-order valence-corrected chi connectivity index (χ4v) is 4.77. The maximum Gasteiger partial charge on any atom is 0.246 e. The van der Waals surface area contributed by atoms with E-state index in [4.69, 9.17) is 9.47 Å². The Bertz CT molecular complexity index is 616. The molecule has 0 atom stereocenters. The van der Waals surface area contributed by atoms with Crippen LogP contribution in [-0.4, -0.2) is 55.6 Å². The van der Waals surface area contributed by atoms with E-state index in [0.29, 0.717) is 6.04 Å². The molecule has 1 aromatic rings. The summed E-state index contributed by atoms with van der Waals surface area (Å²) in [5, 5.41) is 4.29. The monoisotopic (exact) mass is 343 g/mol. The van der Waals surface area contributed by atoms with Crippen LogP contribution in [0.25, 0.3) is 0 Å². The van der Waals surface area contributed by atoms with Gasteiger partial charge in [-0.25, -0.2) is 8.42 Å². The Morgan fingerprint density at radius 3 is 2.48 bits per heavy atom. The van der Waals surface area contributed by atoms with Crippen LogP contribution in [0.3, 0.4) is 0 Å². The number of nitrogens with zero attached hydrogens (tertiary/aromatic N) is 3. The predicted molar refractivity (Wildman–Crippen MR) is 84.5 cm³/mol. The van der Waals surface area contributed by atoms with Crippen LogP contribution in [0.15, 0.2) is 17.3 Å².